The highest BCUT2D eigenvalue weighted by molar-refractivity contribution is 9.10. The van der Waals surface area contributed by atoms with Gasteiger partial charge in [0.2, 0.25) is 0 Å². The molecular formula is C16H19BBrF3O3S. The fraction of sp³-hybridized carbons (Fsp3) is 0.500. The van der Waals surface area contributed by atoms with E-state index in [0.29, 0.717) is 15.8 Å². The van der Waals surface area contributed by atoms with Gasteiger partial charge >= 0.3 is 13.5 Å². The molecule has 0 bridgehead atoms. The summed E-state index contributed by atoms with van der Waals surface area (Å²) in [6, 6.07) is 4.05. The Morgan fingerprint density at radius 2 is 1.80 bits per heavy atom. The molecule has 25 heavy (non-hydrogen) atoms. The van der Waals surface area contributed by atoms with Gasteiger partial charge in [-0.1, -0.05) is 28.1 Å². The van der Waals surface area contributed by atoms with E-state index in [0.717, 1.165) is 5.47 Å². The van der Waals surface area contributed by atoms with E-state index in [1.54, 1.807) is 6.08 Å². The summed E-state index contributed by atoms with van der Waals surface area (Å²) < 4.78 is 53.2. The summed E-state index contributed by atoms with van der Waals surface area (Å²) in [4.78, 5) is 0. The van der Waals surface area contributed by atoms with Gasteiger partial charge in [0.05, 0.1) is 11.2 Å². The monoisotopic (exact) mass is 438 g/mol. The van der Waals surface area contributed by atoms with Crippen LogP contribution in [0.2, 0.25) is 0 Å². The summed E-state index contributed by atoms with van der Waals surface area (Å²) in [5.74, 6) is 0.0870. The van der Waals surface area contributed by atoms with Crippen molar-refractivity contribution in [1.29, 1.82) is 0 Å². The summed E-state index contributed by atoms with van der Waals surface area (Å²) in [5, 5.41) is 0. The first-order valence-electron chi connectivity index (χ1n) is 7.57. The number of rotatable bonds is 4. The highest BCUT2D eigenvalue weighted by Gasteiger charge is 2.52. The predicted octanol–water partition coefficient (Wildman–Crippen LogP) is 5.29. The zero-order valence-electron chi connectivity index (χ0n) is 14.3. The summed E-state index contributed by atoms with van der Waals surface area (Å²) in [6.45, 7) is 7.79. The van der Waals surface area contributed by atoms with Crippen molar-refractivity contribution in [2.24, 2.45) is 0 Å². The largest absolute Gasteiger partial charge is 0.573 e. The average molecular weight is 439 g/mol. The average Bonchev–Trinajstić information content (AvgIpc) is 2.64. The lowest BCUT2D eigenvalue weighted by molar-refractivity contribution is -0.274. The van der Waals surface area contributed by atoms with Gasteiger partial charge in [-0.2, -0.15) is 12.6 Å². The molecule has 0 aliphatic carbocycles. The van der Waals surface area contributed by atoms with E-state index in [-0.39, 0.29) is 5.75 Å². The van der Waals surface area contributed by atoms with Crippen molar-refractivity contribution in [3.05, 3.63) is 33.7 Å². The van der Waals surface area contributed by atoms with Crippen LogP contribution >= 0.6 is 28.6 Å². The quantitative estimate of drug-likeness (QED) is 0.511. The molecule has 0 aromatic heterocycles. The fourth-order valence-corrected chi connectivity index (χ4v) is 2.92. The van der Waals surface area contributed by atoms with E-state index in [1.807, 2.05) is 27.7 Å². The van der Waals surface area contributed by atoms with Crippen molar-refractivity contribution in [1.82, 2.24) is 0 Å². The van der Waals surface area contributed by atoms with Crippen LogP contribution in [-0.2, 0) is 9.31 Å². The Balaban J connectivity index is 2.26. The zero-order chi connectivity index (χ0) is 19.0. The van der Waals surface area contributed by atoms with Crippen molar-refractivity contribution in [3.63, 3.8) is 0 Å². The van der Waals surface area contributed by atoms with Crippen LogP contribution in [0.15, 0.2) is 28.1 Å². The molecule has 1 aliphatic heterocycles. The van der Waals surface area contributed by atoms with Gasteiger partial charge in [0.25, 0.3) is 0 Å². The molecule has 1 saturated heterocycles. The predicted molar refractivity (Wildman–Crippen MR) is 98.7 cm³/mol. The van der Waals surface area contributed by atoms with Gasteiger partial charge in [0, 0.05) is 10.2 Å². The standard InChI is InChI=1S/C16H19BBrF3O3S/c1-14(2)15(3,4)24-17(23-14)11(9-25)7-10-5-6-12(8-13(10)18)22-16(19,20)21/h5-8,25H,9H2,1-4H3. The lowest BCUT2D eigenvalue weighted by atomic mass is 9.78. The molecule has 0 radical (unpaired) electrons. The van der Waals surface area contributed by atoms with Gasteiger partial charge in [-0.05, 0) is 50.9 Å². The Morgan fingerprint density at radius 3 is 2.24 bits per heavy atom. The minimum atomic E-state index is -4.73. The van der Waals surface area contributed by atoms with E-state index in [9.17, 15) is 13.2 Å². The first kappa shape index (κ1) is 20.7. The van der Waals surface area contributed by atoms with Crippen molar-refractivity contribution in [2.75, 3.05) is 5.75 Å². The number of hydrogen-bond donors (Lipinski definition) is 1. The van der Waals surface area contributed by atoms with Gasteiger partial charge < -0.3 is 14.0 Å². The number of benzene rings is 1. The normalized spacial score (nSPS) is 20.0. The molecule has 9 heteroatoms. The summed E-state index contributed by atoms with van der Waals surface area (Å²) in [5.41, 5.74) is 0.475. The van der Waals surface area contributed by atoms with Crippen LogP contribution in [0.1, 0.15) is 33.3 Å². The molecule has 0 atom stereocenters. The second kappa shape index (κ2) is 7.17. The Bertz CT molecular complexity index is 661. The van der Waals surface area contributed by atoms with Gasteiger partial charge in [-0.25, -0.2) is 0 Å². The Kier molecular flexibility index (Phi) is 5.93. The van der Waals surface area contributed by atoms with Crippen LogP contribution in [0.5, 0.6) is 5.75 Å². The molecule has 3 nitrogen and oxygen atoms in total. The number of alkyl halides is 3. The minimum Gasteiger partial charge on any atom is -0.406 e. The maximum absolute atomic E-state index is 12.3. The summed E-state index contributed by atoms with van der Waals surface area (Å²) in [7, 11) is -0.569. The number of halogens is 4. The molecule has 2 rings (SSSR count). The molecule has 1 aromatic carbocycles. The van der Waals surface area contributed by atoms with Gasteiger partial charge in [0.1, 0.15) is 5.75 Å². The summed E-state index contributed by atoms with van der Waals surface area (Å²) >= 11 is 7.60. The number of hydrogen-bond acceptors (Lipinski definition) is 4. The molecule has 0 unspecified atom stereocenters. The van der Waals surface area contributed by atoms with Crippen molar-refractivity contribution < 1.29 is 27.2 Å². The lowest BCUT2D eigenvalue weighted by Gasteiger charge is -2.32. The molecule has 1 heterocycles. The van der Waals surface area contributed by atoms with Gasteiger partial charge in [0.15, 0.2) is 0 Å². The smallest absolute Gasteiger partial charge is 0.406 e. The van der Waals surface area contributed by atoms with Gasteiger partial charge in [-0.3, -0.25) is 0 Å². The molecule has 0 saturated carbocycles. The van der Waals surface area contributed by atoms with Crippen molar-refractivity contribution >= 4 is 41.8 Å². The number of ether oxygens (including phenoxy) is 1. The molecule has 1 aromatic rings. The van der Waals surface area contributed by atoms with E-state index < -0.39 is 24.7 Å². The van der Waals surface area contributed by atoms with E-state index in [2.05, 4.69) is 33.3 Å². The topological polar surface area (TPSA) is 27.7 Å². The summed E-state index contributed by atoms with van der Waals surface area (Å²) in [6.07, 6.45) is -2.94. The van der Waals surface area contributed by atoms with Crippen LogP contribution in [-0.4, -0.2) is 30.4 Å². The highest BCUT2D eigenvalue weighted by Crippen LogP contribution is 2.39. The van der Waals surface area contributed by atoms with Crippen LogP contribution < -0.4 is 4.74 Å². The second-order valence-electron chi connectivity index (χ2n) is 6.70. The molecule has 1 aliphatic rings. The third-order valence-electron chi connectivity index (χ3n) is 4.28. The molecule has 0 spiro atoms. The molecule has 0 N–H and O–H groups in total. The molecule has 1 fully saturated rings. The van der Waals surface area contributed by atoms with Crippen LogP contribution in [0.25, 0.3) is 6.08 Å². The Hall–Kier alpha value is -0.635. The van der Waals surface area contributed by atoms with E-state index in [4.69, 9.17) is 9.31 Å². The zero-order valence-corrected chi connectivity index (χ0v) is 16.8. The van der Waals surface area contributed by atoms with Crippen LogP contribution in [0.4, 0.5) is 13.2 Å². The van der Waals surface area contributed by atoms with E-state index in [1.165, 1.54) is 18.2 Å². The molecular weight excluding hydrogens is 420 g/mol. The molecule has 138 valence electrons. The maximum atomic E-state index is 12.3. The first-order valence-corrected chi connectivity index (χ1v) is 8.99. The SMILES string of the molecule is CC1(C)OB(C(=Cc2ccc(OC(F)(F)F)cc2Br)CS)OC1(C)C. The van der Waals surface area contributed by atoms with Crippen molar-refractivity contribution in [3.8, 4) is 5.75 Å². The third kappa shape index (κ3) is 4.96. The Morgan fingerprint density at radius 1 is 1.24 bits per heavy atom. The Labute approximate surface area is 159 Å². The van der Waals surface area contributed by atoms with Crippen molar-refractivity contribution in [2.45, 2.75) is 45.3 Å². The second-order valence-corrected chi connectivity index (χ2v) is 7.87. The van der Waals surface area contributed by atoms with E-state index >= 15 is 0 Å². The van der Waals surface area contributed by atoms with Crippen LogP contribution in [0.3, 0.4) is 0 Å². The van der Waals surface area contributed by atoms with Crippen LogP contribution in [0, 0.1) is 0 Å². The van der Waals surface area contributed by atoms with Gasteiger partial charge in [-0.15, -0.1) is 13.2 Å². The molecule has 0 amide bonds. The highest BCUT2D eigenvalue weighted by atomic mass is 79.9. The third-order valence-corrected chi connectivity index (χ3v) is 5.34. The fourth-order valence-electron chi connectivity index (χ4n) is 2.20. The lowest BCUT2D eigenvalue weighted by Crippen LogP contribution is -2.41. The number of thiol groups is 1. The minimum absolute atomic E-state index is 0.292. The maximum Gasteiger partial charge on any atom is 0.573 e. The first-order chi connectivity index (χ1) is 11.3.